The zero-order chi connectivity index (χ0) is 27.3. The smallest absolute Gasteiger partial charge is 0.411 e. The van der Waals surface area contributed by atoms with E-state index in [1.54, 1.807) is 41.5 Å². The van der Waals surface area contributed by atoms with Gasteiger partial charge in [-0.25, -0.2) is 14.4 Å². The zero-order valence-corrected chi connectivity index (χ0v) is 22.4. The highest BCUT2D eigenvalue weighted by Gasteiger charge is 2.44. The normalized spacial score (nSPS) is 17.8. The monoisotopic (exact) mass is 504 g/mol. The molecule has 1 saturated heterocycles. The average Bonchev–Trinajstić information content (AvgIpc) is 3.23. The number of carbonyl (C=O) groups excluding carboxylic acids is 3. The minimum atomic E-state index is -1.30. The van der Waals surface area contributed by atoms with Crippen molar-refractivity contribution >= 4 is 23.9 Å². The second-order valence-corrected chi connectivity index (χ2v) is 11.2. The van der Waals surface area contributed by atoms with E-state index in [-0.39, 0.29) is 6.42 Å². The Labute approximate surface area is 213 Å². The second-order valence-electron chi connectivity index (χ2n) is 11.2. The molecule has 2 amide bonds. The van der Waals surface area contributed by atoms with E-state index < -0.39 is 53.3 Å². The summed E-state index contributed by atoms with van der Waals surface area (Å²) in [5.41, 5.74) is -0.696. The van der Waals surface area contributed by atoms with Gasteiger partial charge in [0, 0.05) is 6.54 Å². The quantitative estimate of drug-likeness (QED) is 0.532. The van der Waals surface area contributed by atoms with Crippen LogP contribution >= 0.6 is 0 Å². The van der Waals surface area contributed by atoms with Crippen molar-refractivity contribution < 1.29 is 33.8 Å². The second kappa shape index (κ2) is 11.8. The number of likely N-dealkylation sites (tertiary alicyclic amines) is 1. The lowest BCUT2D eigenvalue weighted by atomic mass is 10.0. The van der Waals surface area contributed by atoms with Crippen LogP contribution in [-0.4, -0.2) is 74.7 Å². The molecular weight excluding hydrogens is 464 g/mol. The van der Waals surface area contributed by atoms with Crippen LogP contribution in [-0.2, 0) is 30.3 Å². The number of hydrogen-bond acceptors (Lipinski definition) is 6. The Morgan fingerprint density at radius 1 is 1.03 bits per heavy atom. The summed E-state index contributed by atoms with van der Waals surface area (Å²) in [6.45, 7) is 12.1. The van der Waals surface area contributed by atoms with Crippen molar-refractivity contribution in [3.8, 4) is 0 Å². The number of nitrogens with zero attached hydrogens (tertiary/aromatic N) is 2. The van der Waals surface area contributed by atoms with Crippen LogP contribution in [0.5, 0.6) is 0 Å². The first-order chi connectivity index (χ1) is 16.6. The lowest BCUT2D eigenvalue weighted by molar-refractivity contribution is -0.164. The molecule has 1 aliphatic rings. The van der Waals surface area contributed by atoms with Crippen LogP contribution in [0.3, 0.4) is 0 Å². The lowest BCUT2D eigenvalue weighted by Crippen LogP contribution is -2.58. The van der Waals surface area contributed by atoms with Crippen LogP contribution in [0.1, 0.15) is 73.3 Å². The first kappa shape index (κ1) is 29.1. The van der Waals surface area contributed by atoms with Gasteiger partial charge in [-0.3, -0.25) is 9.69 Å². The highest BCUT2D eigenvalue weighted by atomic mass is 16.6. The van der Waals surface area contributed by atoms with Crippen molar-refractivity contribution in [2.75, 3.05) is 6.54 Å². The molecule has 9 nitrogen and oxygen atoms in total. The Morgan fingerprint density at radius 3 is 2.14 bits per heavy atom. The van der Waals surface area contributed by atoms with Gasteiger partial charge in [-0.2, -0.15) is 0 Å². The maximum atomic E-state index is 13.6. The number of ether oxygens (including phenoxy) is 2. The highest BCUT2D eigenvalue weighted by Crippen LogP contribution is 2.25. The maximum absolute atomic E-state index is 13.6. The van der Waals surface area contributed by atoms with Gasteiger partial charge in [0.25, 0.3) is 0 Å². The number of carboxylic acid groups (broad SMARTS) is 1. The number of esters is 1. The molecule has 2 rings (SSSR count). The average molecular weight is 505 g/mol. The molecule has 200 valence electrons. The fourth-order valence-corrected chi connectivity index (χ4v) is 4.20. The van der Waals surface area contributed by atoms with E-state index in [2.05, 4.69) is 0 Å². The third-order valence-corrected chi connectivity index (χ3v) is 5.76. The number of rotatable bonds is 8. The number of benzene rings is 1. The van der Waals surface area contributed by atoms with Gasteiger partial charge in [-0.05, 0) is 79.7 Å². The van der Waals surface area contributed by atoms with Gasteiger partial charge in [0.2, 0.25) is 5.91 Å². The van der Waals surface area contributed by atoms with Crippen LogP contribution in [0.4, 0.5) is 4.79 Å². The first-order valence-electron chi connectivity index (χ1n) is 12.4. The van der Waals surface area contributed by atoms with Crippen molar-refractivity contribution in [3.05, 3.63) is 35.9 Å². The Bertz CT molecular complexity index is 934. The fourth-order valence-electron chi connectivity index (χ4n) is 4.20. The molecule has 3 atom stereocenters. The van der Waals surface area contributed by atoms with Gasteiger partial charge in [0.15, 0.2) is 0 Å². The van der Waals surface area contributed by atoms with E-state index in [1.807, 2.05) is 30.3 Å². The van der Waals surface area contributed by atoms with E-state index in [1.165, 1.54) is 11.8 Å². The first-order valence-corrected chi connectivity index (χ1v) is 12.4. The summed E-state index contributed by atoms with van der Waals surface area (Å²) >= 11 is 0. The summed E-state index contributed by atoms with van der Waals surface area (Å²) in [6.07, 6.45) is 0.631. The van der Waals surface area contributed by atoms with E-state index >= 15 is 0 Å². The molecule has 1 fully saturated rings. The van der Waals surface area contributed by atoms with Crippen molar-refractivity contribution in [1.29, 1.82) is 0 Å². The molecule has 0 aliphatic carbocycles. The number of aliphatic carboxylic acids is 1. The van der Waals surface area contributed by atoms with Crippen molar-refractivity contribution in [3.63, 3.8) is 0 Å². The molecule has 1 N–H and O–H groups in total. The molecule has 1 heterocycles. The number of hydrogen-bond donors (Lipinski definition) is 1. The summed E-state index contributed by atoms with van der Waals surface area (Å²) in [7, 11) is 0. The zero-order valence-electron chi connectivity index (χ0n) is 22.4. The van der Waals surface area contributed by atoms with Crippen LogP contribution in [0.2, 0.25) is 0 Å². The third kappa shape index (κ3) is 8.24. The molecule has 1 aromatic rings. The Hall–Kier alpha value is -3.10. The van der Waals surface area contributed by atoms with Gasteiger partial charge in [-0.15, -0.1) is 0 Å². The SMILES string of the molecule is C[C@@H](C(=O)N1CCC[C@H]1C(=O)OC(C)(C)C)N(C(=O)OC(C)(C)C)[C@@H](CCc1ccccc1)C(=O)O. The molecule has 1 aliphatic heterocycles. The number of aryl methyl sites for hydroxylation is 1. The predicted molar refractivity (Wildman–Crippen MR) is 134 cm³/mol. The molecule has 0 radical (unpaired) electrons. The third-order valence-electron chi connectivity index (χ3n) is 5.76. The van der Waals surface area contributed by atoms with Crippen LogP contribution in [0.15, 0.2) is 30.3 Å². The van der Waals surface area contributed by atoms with E-state index in [4.69, 9.17) is 9.47 Å². The van der Waals surface area contributed by atoms with Gasteiger partial charge in [0.1, 0.15) is 29.3 Å². The minimum absolute atomic E-state index is 0.0890. The topological polar surface area (TPSA) is 113 Å². The van der Waals surface area contributed by atoms with Crippen molar-refractivity contribution in [2.45, 2.75) is 103 Å². The summed E-state index contributed by atoms with van der Waals surface area (Å²) in [6, 6.07) is 6.07. The minimum Gasteiger partial charge on any atom is -0.480 e. The standard InChI is InChI=1S/C27H40N2O7/c1-18(22(30)28-17-11-14-21(28)24(33)35-26(2,3)4)29(25(34)36-27(5,6)7)20(23(31)32)16-15-19-12-9-8-10-13-19/h8-10,12-13,18,20-21H,11,14-17H2,1-7H3,(H,31,32)/t18-,20-,21-/m0/s1. The summed E-state index contributed by atoms with van der Waals surface area (Å²) in [4.78, 5) is 54.4. The van der Waals surface area contributed by atoms with Gasteiger partial charge in [0.05, 0.1) is 0 Å². The van der Waals surface area contributed by atoms with Crippen LogP contribution in [0.25, 0.3) is 0 Å². The van der Waals surface area contributed by atoms with Crippen LogP contribution in [0, 0.1) is 0 Å². The van der Waals surface area contributed by atoms with Crippen molar-refractivity contribution in [2.24, 2.45) is 0 Å². The predicted octanol–water partition coefficient (Wildman–Crippen LogP) is 4.03. The largest absolute Gasteiger partial charge is 0.480 e. The number of carbonyl (C=O) groups is 4. The Balaban J connectivity index is 2.34. The van der Waals surface area contributed by atoms with E-state index in [9.17, 15) is 24.3 Å². The molecule has 9 heteroatoms. The molecule has 0 spiro atoms. The molecule has 0 unspecified atom stereocenters. The van der Waals surface area contributed by atoms with Gasteiger partial charge >= 0.3 is 18.0 Å². The molecule has 36 heavy (non-hydrogen) atoms. The Morgan fingerprint density at radius 2 is 1.61 bits per heavy atom. The van der Waals surface area contributed by atoms with Crippen LogP contribution < -0.4 is 0 Å². The highest BCUT2D eigenvalue weighted by molar-refractivity contribution is 5.91. The maximum Gasteiger partial charge on any atom is 0.411 e. The molecule has 0 bridgehead atoms. The van der Waals surface area contributed by atoms with E-state index in [0.717, 1.165) is 10.5 Å². The number of carboxylic acids is 1. The molecule has 0 aromatic heterocycles. The fraction of sp³-hybridized carbons (Fsp3) is 0.630. The molecule has 1 aromatic carbocycles. The van der Waals surface area contributed by atoms with Crippen molar-refractivity contribution in [1.82, 2.24) is 9.80 Å². The number of amides is 2. The van der Waals surface area contributed by atoms with E-state index in [0.29, 0.717) is 25.8 Å². The summed E-state index contributed by atoms with van der Waals surface area (Å²) in [5.74, 6) is -2.26. The summed E-state index contributed by atoms with van der Waals surface area (Å²) in [5, 5.41) is 10.1. The van der Waals surface area contributed by atoms with Gasteiger partial charge in [-0.1, -0.05) is 30.3 Å². The summed E-state index contributed by atoms with van der Waals surface area (Å²) < 4.78 is 11.0. The lowest BCUT2D eigenvalue weighted by Gasteiger charge is -2.37. The molecular formula is C27H40N2O7. The van der Waals surface area contributed by atoms with Gasteiger partial charge < -0.3 is 19.5 Å². The molecule has 0 saturated carbocycles. The Kier molecular flexibility index (Phi) is 9.51.